The Balaban J connectivity index is 1.62. The highest BCUT2D eigenvalue weighted by Crippen LogP contribution is 2.32. The van der Waals surface area contributed by atoms with Gasteiger partial charge in [0.05, 0.1) is 18.9 Å². The molecule has 0 bridgehead atoms. The van der Waals surface area contributed by atoms with Gasteiger partial charge in [0.25, 0.3) is 0 Å². The number of anilines is 1. The lowest BCUT2D eigenvalue weighted by atomic mass is 10.0. The number of carbonyl (C=O) groups excluding carboxylic acids is 2. The number of benzene rings is 1. The van der Waals surface area contributed by atoms with Gasteiger partial charge in [-0.1, -0.05) is 29.8 Å². The third-order valence-corrected chi connectivity index (χ3v) is 5.74. The van der Waals surface area contributed by atoms with Crippen molar-refractivity contribution in [2.75, 3.05) is 44.3 Å². The van der Waals surface area contributed by atoms with Crippen LogP contribution in [-0.4, -0.2) is 61.8 Å². The number of thiophene rings is 1. The van der Waals surface area contributed by atoms with E-state index in [0.717, 1.165) is 21.8 Å². The van der Waals surface area contributed by atoms with Gasteiger partial charge in [-0.3, -0.25) is 19.5 Å². The summed E-state index contributed by atoms with van der Waals surface area (Å²) in [6, 6.07) is 10.1. The summed E-state index contributed by atoms with van der Waals surface area (Å²) in [5.41, 5.74) is 3.87. The molecule has 0 radical (unpaired) electrons. The first-order valence-corrected chi connectivity index (χ1v) is 9.86. The van der Waals surface area contributed by atoms with Gasteiger partial charge in [-0.05, 0) is 18.4 Å². The van der Waals surface area contributed by atoms with E-state index < -0.39 is 0 Å². The van der Waals surface area contributed by atoms with Crippen molar-refractivity contribution < 1.29 is 14.3 Å². The number of amides is 2. The fourth-order valence-corrected chi connectivity index (χ4v) is 4.21. The van der Waals surface area contributed by atoms with E-state index in [-0.39, 0.29) is 24.9 Å². The maximum Gasteiger partial charge on any atom is 0.249 e. The molecule has 1 saturated heterocycles. The number of nitrogens with zero attached hydrogens (tertiary/aromatic N) is 3. The molecule has 1 fully saturated rings. The quantitative estimate of drug-likeness (QED) is 0.815. The molecular formula is C20H21N3O3S. The summed E-state index contributed by atoms with van der Waals surface area (Å²) in [5.74, 6) is -0.202. The van der Waals surface area contributed by atoms with Gasteiger partial charge in [0, 0.05) is 24.2 Å². The number of hydrogen-bond donors (Lipinski definition) is 0. The van der Waals surface area contributed by atoms with Gasteiger partial charge in [0.1, 0.15) is 18.1 Å². The lowest BCUT2D eigenvalue weighted by Crippen LogP contribution is -2.47. The number of rotatable bonds is 3. The van der Waals surface area contributed by atoms with Crippen LogP contribution >= 0.6 is 11.3 Å². The van der Waals surface area contributed by atoms with E-state index in [0.29, 0.717) is 26.3 Å². The molecule has 140 valence electrons. The standard InChI is InChI=1S/C20H21N3O3S/c1-14-2-4-15(5-3-14)19-16-6-11-27-20(16)23(17(24)12-21-19)13-18(25)22-7-9-26-10-8-22/h2-6,11H,7-10,12-13H2,1H3. The molecule has 0 unspecified atom stereocenters. The fourth-order valence-electron chi connectivity index (χ4n) is 3.29. The predicted molar refractivity (Wildman–Crippen MR) is 106 cm³/mol. The largest absolute Gasteiger partial charge is 0.378 e. The van der Waals surface area contributed by atoms with Gasteiger partial charge in [-0.25, -0.2) is 0 Å². The Labute approximate surface area is 162 Å². The minimum Gasteiger partial charge on any atom is -0.378 e. The second-order valence-electron chi connectivity index (χ2n) is 6.64. The topological polar surface area (TPSA) is 62.2 Å². The van der Waals surface area contributed by atoms with Crippen molar-refractivity contribution in [2.24, 2.45) is 4.99 Å². The van der Waals surface area contributed by atoms with Gasteiger partial charge in [-0.15, -0.1) is 11.3 Å². The first-order valence-electron chi connectivity index (χ1n) is 8.99. The van der Waals surface area contributed by atoms with Crippen LogP contribution in [0.1, 0.15) is 16.7 Å². The van der Waals surface area contributed by atoms with Crippen molar-refractivity contribution >= 4 is 33.9 Å². The number of carbonyl (C=O) groups is 2. The number of hydrogen-bond acceptors (Lipinski definition) is 5. The number of morpholine rings is 1. The predicted octanol–water partition coefficient (Wildman–Crippen LogP) is 2.10. The van der Waals surface area contributed by atoms with Crippen molar-refractivity contribution in [1.82, 2.24) is 4.90 Å². The third kappa shape index (κ3) is 3.65. The number of aryl methyl sites for hydroxylation is 1. The molecular weight excluding hydrogens is 362 g/mol. The van der Waals surface area contributed by atoms with Crippen LogP contribution in [0.4, 0.5) is 5.00 Å². The Morgan fingerprint density at radius 1 is 1.19 bits per heavy atom. The zero-order valence-electron chi connectivity index (χ0n) is 15.2. The maximum absolute atomic E-state index is 12.8. The van der Waals surface area contributed by atoms with Crippen molar-refractivity contribution in [3.05, 3.63) is 52.4 Å². The van der Waals surface area contributed by atoms with Crippen LogP contribution < -0.4 is 4.90 Å². The molecule has 2 aromatic rings. The molecule has 2 aliphatic heterocycles. The van der Waals surface area contributed by atoms with Gasteiger partial charge in [-0.2, -0.15) is 0 Å². The number of ether oxygens (including phenoxy) is 1. The van der Waals surface area contributed by atoms with Crippen LogP contribution in [0.15, 0.2) is 40.7 Å². The zero-order valence-corrected chi connectivity index (χ0v) is 16.0. The lowest BCUT2D eigenvalue weighted by Gasteiger charge is -2.29. The molecule has 4 rings (SSSR count). The Bertz CT molecular complexity index is 882. The van der Waals surface area contributed by atoms with E-state index in [1.54, 1.807) is 9.80 Å². The van der Waals surface area contributed by atoms with Gasteiger partial charge in [0.2, 0.25) is 11.8 Å². The lowest BCUT2D eigenvalue weighted by molar-refractivity contribution is -0.134. The number of fused-ring (bicyclic) bond motifs is 1. The summed E-state index contributed by atoms with van der Waals surface area (Å²) >= 11 is 1.47. The molecule has 27 heavy (non-hydrogen) atoms. The van der Waals surface area contributed by atoms with Crippen molar-refractivity contribution in [1.29, 1.82) is 0 Å². The molecule has 1 aromatic carbocycles. The molecule has 6 nitrogen and oxygen atoms in total. The van der Waals surface area contributed by atoms with Crippen molar-refractivity contribution in [2.45, 2.75) is 6.92 Å². The highest BCUT2D eigenvalue weighted by atomic mass is 32.1. The summed E-state index contributed by atoms with van der Waals surface area (Å²) in [6.07, 6.45) is 0. The molecule has 0 aliphatic carbocycles. The minimum atomic E-state index is -0.151. The third-order valence-electron chi connectivity index (χ3n) is 4.80. The van der Waals surface area contributed by atoms with E-state index in [9.17, 15) is 9.59 Å². The second-order valence-corrected chi connectivity index (χ2v) is 7.54. The van der Waals surface area contributed by atoms with Crippen LogP contribution in [-0.2, 0) is 14.3 Å². The van der Waals surface area contributed by atoms with Gasteiger partial charge < -0.3 is 9.64 Å². The van der Waals surface area contributed by atoms with Crippen molar-refractivity contribution in [3.63, 3.8) is 0 Å². The Hall–Kier alpha value is -2.51. The second kappa shape index (κ2) is 7.62. The maximum atomic E-state index is 12.8. The van der Waals surface area contributed by atoms with Crippen LogP contribution in [0, 0.1) is 6.92 Å². The molecule has 7 heteroatoms. The normalized spacial score (nSPS) is 17.4. The van der Waals surface area contributed by atoms with Crippen LogP contribution in [0.5, 0.6) is 0 Å². The van der Waals surface area contributed by atoms with Crippen LogP contribution in [0.25, 0.3) is 0 Å². The minimum absolute atomic E-state index is 0.0427. The highest BCUT2D eigenvalue weighted by Gasteiger charge is 2.29. The summed E-state index contributed by atoms with van der Waals surface area (Å²) in [7, 11) is 0. The summed E-state index contributed by atoms with van der Waals surface area (Å²) < 4.78 is 5.31. The molecule has 0 N–H and O–H groups in total. The molecule has 3 heterocycles. The molecule has 0 atom stereocenters. The summed E-state index contributed by atoms with van der Waals surface area (Å²) in [4.78, 5) is 33.4. The Morgan fingerprint density at radius 2 is 1.93 bits per heavy atom. The Morgan fingerprint density at radius 3 is 2.67 bits per heavy atom. The van der Waals surface area contributed by atoms with Gasteiger partial charge in [0.15, 0.2) is 0 Å². The van der Waals surface area contributed by atoms with E-state index >= 15 is 0 Å². The summed E-state index contributed by atoms with van der Waals surface area (Å²) in [5, 5.41) is 2.73. The smallest absolute Gasteiger partial charge is 0.249 e. The molecule has 2 amide bonds. The van der Waals surface area contributed by atoms with Crippen LogP contribution in [0.2, 0.25) is 0 Å². The van der Waals surface area contributed by atoms with Gasteiger partial charge >= 0.3 is 0 Å². The molecule has 1 aromatic heterocycles. The summed E-state index contributed by atoms with van der Waals surface area (Å²) in [6.45, 7) is 4.36. The zero-order chi connectivity index (χ0) is 18.8. The van der Waals surface area contributed by atoms with Crippen LogP contribution in [0.3, 0.4) is 0 Å². The van der Waals surface area contributed by atoms with Crippen molar-refractivity contribution in [3.8, 4) is 0 Å². The SMILES string of the molecule is Cc1ccc(C2=NCC(=O)N(CC(=O)N3CCOCC3)c3sccc32)cc1. The first kappa shape index (κ1) is 17.9. The molecule has 2 aliphatic rings. The monoisotopic (exact) mass is 383 g/mol. The average molecular weight is 383 g/mol. The first-order chi connectivity index (χ1) is 13.1. The molecule has 0 saturated carbocycles. The number of aliphatic imine (C=N–C) groups is 1. The van der Waals surface area contributed by atoms with E-state index in [1.807, 2.05) is 42.6 Å². The Kier molecular flexibility index (Phi) is 5.05. The average Bonchev–Trinajstić information content (AvgIpc) is 3.12. The fraction of sp³-hybridized carbons (Fsp3) is 0.350. The molecule has 0 spiro atoms. The van der Waals surface area contributed by atoms with E-state index in [1.165, 1.54) is 16.9 Å². The van der Waals surface area contributed by atoms with E-state index in [4.69, 9.17) is 4.74 Å². The van der Waals surface area contributed by atoms with E-state index in [2.05, 4.69) is 4.99 Å². The highest BCUT2D eigenvalue weighted by molar-refractivity contribution is 7.15.